The fraction of sp³-hybridized carbons (Fsp3) is 0.161. The van der Waals surface area contributed by atoms with Crippen LogP contribution in [0.2, 0.25) is 10.0 Å². The van der Waals surface area contributed by atoms with Crippen LogP contribution >= 0.6 is 23.2 Å². The van der Waals surface area contributed by atoms with E-state index in [1.807, 2.05) is 78.9 Å². The Morgan fingerprint density at radius 3 is 2.03 bits per heavy atom. The van der Waals surface area contributed by atoms with E-state index in [-0.39, 0.29) is 31.5 Å². The zero-order valence-electron chi connectivity index (χ0n) is 20.7. The molecule has 0 heterocycles. The highest BCUT2D eigenvalue weighted by atomic mass is 35.5. The van der Waals surface area contributed by atoms with E-state index in [0.29, 0.717) is 22.2 Å². The number of para-hydroxylation sites is 1. The van der Waals surface area contributed by atoms with Gasteiger partial charge in [0.05, 0.1) is 0 Å². The quantitative estimate of drug-likeness (QED) is 0.239. The van der Waals surface area contributed by atoms with E-state index in [4.69, 9.17) is 27.9 Å². The van der Waals surface area contributed by atoms with Gasteiger partial charge in [-0.1, -0.05) is 108 Å². The Balaban J connectivity index is 1.60. The summed E-state index contributed by atoms with van der Waals surface area (Å²) >= 11 is 12.3. The lowest BCUT2D eigenvalue weighted by Crippen LogP contribution is -2.51. The molecule has 0 bridgehead atoms. The van der Waals surface area contributed by atoms with Gasteiger partial charge in [0.25, 0.3) is 5.91 Å². The van der Waals surface area contributed by atoms with Crippen molar-refractivity contribution in [3.05, 3.63) is 136 Å². The second kappa shape index (κ2) is 13.7. The number of nitrogens with one attached hydrogen (secondary N) is 1. The van der Waals surface area contributed by atoms with Crippen LogP contribution in [-0.2, 0) is 29.1 Å². The van der Waals surface area contributed by atoms with Crippen molar-refractivity contribution in [3.63, 3.8) is 0 Å². The monoisotopic (exact) mass is 546 g/mol. The molecule has 0 saturated carbocycles. The van der Waals surface area contributed by atoms with Crippen molar-refractivity contribution >= 4 is 35.0 Å². The van der Waals surface area contributed by atoms with Gasteiger partial charge in [-0.25, -0.2) is 0 Å². The summed E-state index contributed by atoms with van der Waals surface area (Å²) in [5.41, 5.74) is 2.58. The number of ether oxygens (including phenoxy) is 1. The van der Waals surface area contributed by atoms with E-state index in [1.165, 1.54) is 0 Å². The maximum absolute atomic E-state index is 13.7. The summed E-state index contributed by atoms with van der Waals surface area (Å²) in [5.74, 6) is 0.00382. The highest BCUT2D eigenvalue weighted by molar-refractivity contribution is 6.35. The van der Waals surface area contributed by atoms with Gasteiger partial charge in [0, 0.05) is 29.6 Å². The van der Waals surface area contributed by atoms with Gasteiger partial charge in [-0.2, -0.15) is 0 Å². The Hall–Kier alpha value is -3.80. The fourth-order valence-electron chi connectivity index (χ4n) is 4.04. The molecule has 0 saturated heterocycles. The number of halogens is 2. The largest absolute Gasteiger partial charge is 0.484 e. The zero-order chi connectivity index (χ0) is 26.7. The Kier molecular flexibility index (Phi) is 9.79. The molecule has 0 radical (unpaired) electrons. The third-order valence-corrected chi connectivity index (χ3v) is 6.63. The van der Waals surface area contributed by atoms with Gasteiger partial charge >= 0.3 is 0 Å². The molecule has 0 aromatic heterocycles. The standard InChI is InChI=1S/C31H28Cl2N2O3/c32-26-17-16-25(28(33)19-26)20-34-31(37)29(18-23-10-4-1-5-11-23)35(21-24-12-6-2-7-13-24)30(36)22-38-27-14-8-3-9-15-27/h1-17,19,29H,18,20-22H2,(H,34,37). The molecule has 1 N–H and O–H groups in total. The van der Waals surface area contributed by atoms with E-state index in [1.54, 1.807) is 35.2 Å². The first kappa shape index (κ1) is 27.2. The second-order valence-corrected chi connectivity index (χ2v) is 9.61. The summed E-state index contributed by atoms with van der Waals surface area (Å²) < 4.78 is 5.77. The number of carbonyl (C=O) groups excluding carboxylic acids is 2. The number of benzene rings is 4. The van der Waals surface area contributed by atoms with Gasteiger partial charge in [-0.3, -0.25) is 9.59 Å². The number of rotatable bonds is 11. The van der Waals surface area contributed by atoms with Crippen molar-refractivity contribution in [1.29, 1.82) is 0 Å². The average molecular weight is 547 g/mol. The minimum absolute atomic E-state index is 0.196. The molecular weight excluding hydrogens is 519 g/mol. The molecule has 0 aliphatic rings. The number of carbonyl (C=O) groups is 2. The topological polar surface area (TPSA) is 58.6 Å². The molecule has 7 heteroatoms. The van der Waals surface area contributed by atoms with Crippen LogP contribution in [0.3, 0.4) is 0 Å². The molecule has 1 unspecified atom stereocenters. The van der Waals surface area contributed by atoms with E-state index in [0.717, 1.165) is 16.7 Å². The molecule has 0 aliphatic carbocycles. The molecule has 194 valence electrons. The smallest absolute Gasteiger partial charge is 0.261 e. The molecule has 0 aliphatic heterocycles. The molecule has 5 nitrogen and oxygen atoms in total. The minimum atomic E-state index is -0.782. The van der Waals surface area contributed by atoms with Crippen LogP contribution in [0.4, 0.5) is 0 Å². The van der Waals surface area contributed by atoms with E-state index < -0.39 is 6.04 Å². The first-order valence-electron chi connectivity index (χ1n) is 12.3. The fourth-order valence-corrected chi connectivity index (χ4v) is 4.52. The van der Waals surface area contributed by atoms with Crippen molar-refractivity contribution in [3.8, 4) is 5.75 Å². The summed E-state index contributed by atoms with van der Waals surface area (Å²) in [5, 5.41) is 3.96. The molecule has 4 rings (SSSR count). The molecule has 38 heavy (non-hydrogen) atoms. The van der Waals surface area contributed by atoms with Crippen LogP contribution < -0.4 is 10.1 Å². The van der Waals surface area contributed by atoms with Crippen molar-refractivity contribution in [1.82, 2.24) is 10.2 Å². The van der Waals surface area contributed by atoms with Gasteiger partial charge < -0.3 is 15.0 Å². The number of hydrogen-bond donors (Lipinski definition) is 1. The van der Waals surface area contributed by atoms with Gasteiger partial charge in [0.15, 0.2) is 6.61 Å². The first-order chi connectivity index (χ1) is 18.5. The summed E-state index contributed by atoms with van der Waals surface area (Å²) in [6.45, 7) is 0.261. The molecule has 4 aromatic carbocycles. The average Bonchev–Trinajstić information content (AvgIpc) is 2.94. The SMILES string of the molecule is O=C(NCc1ccc(Cl)cc1Cl)C(Cc1ccccc1)N(Cc1ccccc1)C(=O)COc1ccccc1. The normalized spacial score (nSPS) is 11.4. The minimum Gasteiger partial charge on any atom is -0.484 e. The lowest BCUT2D eigenvalue weighted by Gasteiger charge is -2.31. The molecular formula is C31H28Cl2N2O3. The highest BCUT2D eigenvalue weighted by Gasteiger charge is 2.30. The van der Waals surface area contributed by atoms with Gasteiger partial charge in [-0.15, -0.1) is 0 Å². The number of nitrogens with zero attached hydrogens (tertiary/aromatic N) is 1. The first-order valence-corrected chi connectivity index (χ1v) is 13.0. The Morgan fingerprint density at radius 1 is 0.789 bits per heavy atom. The predicted molar refractivity (Wildman–Crippen MR) is 151 cm³/mol. The summed E-state index contributed by atoms with van der Waals surface area (Å²) in [4.78, 5) is 28.9. The van der Waals surface area contributed by atoms with E-state index in [2.05, 4.69) is 5.32 Å². The highest BCUT2D eigenvalue weighted by Crippen LogP contribution is 2.21. The summed E-state index contributed by atoms with van der Waals surface area (Å²) in [6, 6.07) is 32.7. The van der Waals surface area contributed by atoms with E-state index >= 15 is 0 Å². The molecule has 1 atom stereocenters. The lowest BCUT2D eigenvalue weighted by molar-refractivity contribution is -0.142. The third-order valence-electron chi connectivity index (χ3n) is 6.04. The van der Waals surface area contributed by atoms with Crippen molar-refractivity contribution in [2.24, 2.45) is 0 Å². The lowest BCUT2D eigenvalue weighted by atomic mass is 10.0. The van der Waals surface area contributed by atoms with E-state index in [9.17, 15) is 9.59 Å². The van der Waals surface area contributed by atoms with Crippen molar-refractivity contribution < 1.29 is 14.3 Å². The predicted octanol–water partition coefficient (Wildman–Crippen LogP) is 6.33. The Morgan fingerprint density at radius 2 is 1.39 bits per heavy atom. The van der Waals surface area contributed by atoms with Crippen LogP contribution in [-0.4, -0.2) is 29.4 Å². The summed E-state index contributed by atoms with van der Waals surface area (Å²) in [7, 11) is 0. The molecule has 0 fully saturated rings. The molecule has 2 amide bonds. The Bertz CT molecular complexity index is 1340. The Labute approximate surface area is 233 Å². The number of hydrogen-bond acceptors (Lipinski definition) is 3. The summed E-state index contributed by atoms with van der Waals surface area (Å²) in [6.07, 6.45) is 0.338. The van der Waals surface area contributed by atoms with Gasteiger partial charge in [0.1, 0.15) is 11.8 Å². The second-order valence-electron chi connectivity index (χ2n) is 8.77. The van der Waals surface area contributed by atoms with Crippen LogP contribution in [0, 0.1) is 0 Å². The van der Waals surface area contributed by atoms with Crippen molar-refractivity contribution in [2.75, 3.05) is 6.61 Å². The van der Waals surface area contributed by atoms with Crippen LogP contribution in [0.5, 0.6) is 5.75 Å². The van der Waals surface area contributed by atoms with Crippen LogP contribution in [0.1, 0.15) is 16.7 Å². The maximum Gasteiger partial charge on any atom is 0.261 e. The van der Waals surface area contributed by atoms with Crippen molar-refractivity contribution in [2.45, 2.75) is 25.6 Å². The molecule has 0 spiro atoms. The number of amides is 2. The zero-order valence-corrected chi connectivity index (χ0v) is 22.2. The molecule has 4 aromatic rings. The third kappa shape index (κ3) is 7.85. The maximum atomic E-state index is 13.7. The van der Waals surface area contributed by atoms with Gasteiger partial charge in [0.2, 0.25) is 5.91 Å². The van der Waals surface area contributed by atoms with Crippen LogP contribution in [0.15, 0.2) is 109 Å². The van der Waals surface area contributed by atoms with Gasteiger partial charge in [-0.05, 0) is 41.0 Å². The van der Waals surface area contributed by atoms with Crippen LogP contribution in [0.25, 0.3) is 0 Å².